The second kappa shape index (κ2) is 4.43. The van der Waals surface area contributed by atoms with E-state index in [-0.39, 0.29) is 0 Å². The van der Waals surface area contributed by atoms with E-state index in [1.54, 1.807) is 0 Å². The third-order valence-corrected chi connectivity index (χ3v) is 2.38. The second-order valence-corrected chi connectivity index (χ2v) is 4.03. The summed E-state index contributed by atoms with van der Waals surface area (Å²) in [5.41, 5.74) is 2.71. The number of rotatable bonds is 3. The van der Waals surface area contributed by atoms with Crippen molar-refractivity contribution in [2.45, 2.75) is 13.8 Å². The smallest absolute Gasteiger partial charge is 0.00931 e. The van der Waals surface area contributed by atoms with E-state index in [4.69, 9.17) is 0 Å². The van der Waals surface area contributed by atoms with E-state index in [0.717, 1.165) is 0 Å². The van der Waals surface area contributed by atoms with Crippen LogP contribution in [0, 0.1) is 5.92 Å². The molecule has 0 aliphatic carbocycles. The highest BCUT2D eigenvalue weighted by atomic mass is 15.2. The van der Waals surface area contributed by atoms with Crippen LogP contribution in [-0.2, 0) is 0 Å². The Bertz CT molecular complexity index is 238. The van der Waals surface area contributed by atoms with Gasteiger partial charge in [0, 0.05) is 19.0 Å². The quantitative estimate of drug-likeness (QED) is 0.599. The van der Waals surface area contributed by atoms with Crippen molar-refractivity contribution in [3.8, 4) is 0 Å². The molecule has 0 amide bonds. The lowest BCUT2D eigenvalue weighted by Crippen LogP contribution is -2.44. The molecule has 13 heavy (non-hydrogen) atoms. The SMILES string of the molecule is C=C/C(=C\C=C(C)C)C1CN(C)C1. The standard InChI is InChI=1S/C12H19N/c1-5-11(7-6-10(2)3)12-8-13(4)9-12/h5-7,12H,1,8-9H2,2-4H3/b11-7+. The van der Waals surface area contributed by atoms with Gasteiger partial charge in [-0.2, -0.15) is 0 Å². The first-order valence-corrected chi connectivity index (χ1v) is 4.79. The van der Waals surface area contributed by atoms with Crippen LogP contribution in [0.1, 0.15) is 13.8 Å². The van der Waals surface area contributed by atoms with Crippen molar-refractivity contribution < 1.29 is 0 Å². The van der Waals surface area contributed by atoms with Gasteiger partial charge in [-0.1, -0.05) is 30.4 Å². The van der Waals surface area contributed by atoms with E-state index >= 15 is 0 Å². The number of hydrogen-bond donors (Lipinski definition) is 0. The fourth-order valence-corrected chi connectivity index (χ4v) is 1.54. The molecule has 1 aliphatic rings. The third kappa shape index (κ3) is 2.85. The van der Waals surface area contributed by atoms with E-state index in [1.165, 1.54) is 24.2 Å². The molecule has 0 unspecified atom stereocenters. The largest absolute Gasteiger partial charge is 0.305 e. The minimum Gasteiger partial charge on any atom is -0.305 e. The Hall–Kier alpha value is -0.820. The summed E-state index contributed by atoms with van der Waals surface area (Å²) in [4.78, 5) is 2.32. The van der Waals surface area contributed by atoms with Crippen molar-refractivity contribution in [2.75, 3.05) is 20.1 Å². The zero-order valence-corrected chi connectivity index (χ0v) is 8.88. The van der Waals surface area contributed by atoms with Crippen molar-refractivity contribution in [1.82, 2.24) is 4.90 Å². The first-order valence-electron chi connectivity index (χ1n) is 4.79. The predicted molar refractivity (Wildman–Crippen MR) is 58.7 cm³/mol. The van der Waals surface area contributed by atoms with Gasteiger partial charge in [-0.05, 0) is 26.5 Å². The van der Waals surface area contributed by atoms with Crippen molar-refractivity contribution in [3.63, 3.8) is 0 Å². The molecule has 1 aliphatic heterocycles. The fourth-order valence-electron chi connectivity index (χ4n) is 1.54. The molecule has 0 bridgehead atoms. The highest BCUT2D eigenvalue weighted by Crippen LogP contribution is 2.22. The number of nitrogens with zero attached hydrogens (tertiary/aromatic N) is 1. The van der Waals surface area contributed by atoms with Crippen LogP contribution < -0.4 is 0 Å². The average molecular weight is 177 g/mol. The Kier molecular flexibility index (Phi) is 3.49. The van der Waals surface area contributed by atoms with Crippen LogP contribution in [0.25, 0.3) is 0 Å². The van der Waals surface area contributed by atoms with Gasteiger partial charge in [-0.15, -0.1) is 0 Å². The van der Waals surface area contributed by atoms with Gasteiger partial charge in [0.25, 0.3) is 0 Å². The molecule has 0 aromatic heterocycles. The summed E-state index contributed by atoms with van der Waals surface area (Å²) in [6.07, 6.45) is 6.34. The molecule has 0 aromatic rings. The molecule has 1 rings (SSSR count). The zero-order valence-electron chi connectivity index (χ0n) is 8.88. The van der Waals surface area contributed by atoms with E-state index in [9.17, 15) is 0 Å². The van der Waals surface area contributed by atoms with Crippen LogP contribution >= 0.6 is 0 Å². The van der Waals surface area contributed by atoms with Gasteiger partial charge in [0.2, 0.25) is 0 Å². The van der Waals surface area contributed by atoms with Crippen LogP contribution in [0.15, 0.2) is 36.0 Å². The highest BCUT2D eigenvalue weighted by molar-refractivity contribution is 5.28. The fraction of sp³-hybridized carbons (Fsp3) is 0.500. The summed E-state index contributed by atoms with van der Waals surface area (Å²) < 4.78 is 0. The van der Waals surface area contributed by atoms with Crippen molar-refractivity contribution in [2.24, 2.45) is 5.92 Å². The molecule has 1 heterocycles. The summed E-state index contributed by atoms with van der Waals surface area (Å²) in [5, 5.41) is 0. The molecule has 1 saturated heterocycles. The molecule has 0 saturated carbocycles. The molecular weight excluding hydrogens is 158 g/mol. The third-order valence-electron chi connectivity index (χ3n) is 2.38. The summed E-state index contributed by atoms with van der Waals surface area (Å²) in [6, 6.07) is 0. The van der Waals surface area contributed by atoms with Crippen LogP contribution in [-0.4, -0.2) is 25.0 Å². The topological polar surface area (TPSA) is 3.24 Å². The average Bonchev–Trinajstić information content (AvgIpc) is 2.01. The van der Waals surface area contributed by atoms with Gasteiger partial charge < -0.3 is 4.90 Å². The van der Waals surface area contributed by atoms with Crippen molar-refractivity contribution in [3.05, 3.63) is 36.0 Å². The van der Waals surface area contributed by atoms with Crippen LogP contribution in [0.2, 0.25) is 0 Å². The molecule has 0 atom stereocenters. The van der Waals surface area contributed by atoms with Crippen LogP contribution in [0.5, 0.6) is 0 Å². The van der Waals surface area contributed by atoms with Gasteiger partial charge in [-0.3, -0.25) is 0 Å². The Morgan fingerprint density at radius 2 is 1.92 bits per heavy atom. The monoisotopic (exact) mass is 177 g/mol. The first kappa shape index (κ1) is 10.3. The molecule has 1 nitrogen and oxygen atoms in total. The van der Waals surface area contributed by atoms with Gasteiger partial charge >= 0.3 is 0 Å². The normalized spacial score (nSPS) is 19.5. The zero-order chi connectivity index (χ0) is 9.84. The number of hydrogen-bond acceptors (Lipinski definition) is 1. The lowest BCUT2D eigenvalue weighted by Gasteiger charge is -2.37. The minimum absolute atomic E-state index is 0.707. The van der Waals surface area contributed by atoms with E-state index in [1.807, 2.05) is 6.08 Å². The molecule has 0 spiro atoms. The van der Waals surface area contributed by atoms with E-state index in [2.05, 4.69) is 44.5 Å². The predicted octanol–water partition coefficient (Wildman–Crippen LogP) is 2.63. The number of allylic oxidation sites excluding steroid dienone is 4. The summed E-state index contributed by atoms with van der Waals surface area (Å²) in [7, 11) is 2.15. The van der Waals surface area contributed by atoms with E-state index in [0.29, 0.717) is 5.92 Å². The van der Waals surface area contributed by atoms with Crippen LogP contribution in [0.4, 0.5) is 0 Å². The van der Waals surface area contributed by atoms with Crippen molar-refractivity contribution >= 4 is 0 Å². The Balaban J connectivity index is 2.58. The lowest BCUT2D eigenvalue weighted by molar-refractivity contribution is 0.164. The molecule has 1 heteroatoms. The maximum atomic E-state index is 3.85. The van der Waals surface area contributed by atoms with E-state index < -0.39 is 0 Å². The Morgan fingerprint density at radius 3 is 2.31 bits per heavy atom. The maximum Gasteiger partial charge on any atom is 0.00931 e. The van der Waals surface area contributed by atoms with Gasteiger partial charge in [0.1, 0.15) is 0 Å². The molecule has 0 radical (unpaired) electrons. The minimum atomic E-state index is 0.707. The Labute approximate surface area is 81.4 Å². The number of likely N-dealkylation sites (tertiary alicyclic amines) is 1. The van der Waals surface area contributed by atoms with Gasteiger partial charge in [0.05, 0.1) is 0 Å². The molecule has 0 N–H and O–H groups in total. The first-order chi connectivity index (χ1) is 6.13. The summed E-state index contributed by atoms with van der Waals surface area (Å²) in [5.74, 6) is 0.707. The second-order valence-electron chi connectivity index (χ2n) is 4.03. The van der Waals surface area contributed by atoms with Gasteiger partial charge in [0.15, 0.2) is 0 Å². The highest BCUT2D eigenvalue weighted by Gasteiger charge is 2.24. The Morgan fingerprint density at radius 1 is 1.31 bits per heavy atom. The maximum absolute atomic E-state index is 3.85. The molecule has 0 aromatic carbocycles. The van der Waals surface area contributed by atoms with Crippen LogP contribution in [0.3, 0.4) is 0 Å². The summed E-state index contributed by atoms with van der Waals surface area (Å²) >= 11 is 0. The van der Waals surface area contributed by atoms with Gasteiger partial charge in [-0.25, -0.2) is 0 Å². The van der Waals surface area contributed by atoms with Crippen molar-refractivity contribution in [1.29, 1.82) is 0 Å². The lowest BCUT2D eigenvalue weighted by atomic mass is 9.91. The molecular formula is C12H19N. The summed E-state index contributed by atoms with van der Waals surface area (Å²) in [6.45, 7) is 10.4. The molecule has 72 valence electrons. The molecule has 1 fully saturated rings.